The van der Waals surface area contributed by atoms with Gasteiger partial charge in [-0.05, 0) is 31.0 Å². The van der Waals surface area contributed by atoms with Crippen molar-refractivity contribution >= 4 is 0 Å². The van der Waals surface area contributed by atoms with Crippen LogP contribution in [-0.2, 0) is 6.54 Å². The first-order valence-electron chi connectivity index (χ1n) is 6.98. The highest BCUT2D eigenvalue weighted by atomic mass is 16.5. The van der Waals surface area contributed by atoms with E-state index in [4.69, 9.17) is 9.47 Å². The lowest BCUT2D eigenvalue weighted by Gasteiger charge is -2.12. The van der Waals surface area contributed by atoms with Crippen LogP contribution in [0.3, 0.4) is 0 Å². The van der Waals surface area contributed by atoms with E-state index in [0.29, 0.717) is 6.04 Å². The minimum atomic E-state index is 0.694. The fourth-order valence-corrected chi connectivity index (χ4v) is 2.08. The van der Waals surface area contributed by atoms with E-state index in [1.165, 1.54) is 18.4 Å². The molecule has 104 valence electrons. The summed E-state index contributed by atoms with van der Waals surface area (Å²) < 4.78 is 11.2. The van der Waals surface area contributed by atoms with Gasteiger partial charge in [0.25, 0.3) is 0 Å². The Morgan fingerprint density at radius 2 is 1.85 bits per heavy atom. The standard InChI is InChI=1S/C17H19NO2/c1-19-15-6-4-7-16(11-15)20-17-8-3-2-5-13(17)12-18-14-9-10-14/h2-8,11,14,18H,9-10,12H2,1H3. The molecular formula is C17H19NO2. The van der Waals surface area contributed by atoms with E-state index < -0.39 is 0 Å². The largest absolute Gasteiger partial charge is 0.497 e. The Morgan fingerprint density at radius 3 is 2.65 bits per heavy atom. The van der Waals surface area contributed by atoms with E-state index in [0.717, 1.165) is 23.8 Å². The van der Waals surface area contributed by atoms with Crippen molar-refractivity contribution in [2.45, 2.75) is 25.4 Å². The Bertz CT molecular complexity index is 579. The smallest absolute Gasteiger partial charge is 0.131 e. The Balaban J connectivity index is 1.74. The maximum Gasteiger partial charge on any atom is 0.131 e. The summed E-state index contributed by atoms with van der Waals surface area (Å²) in [5.74, 6) is 2.49. The normalized spacial score (nSPS) is 14.1. The predicted molar refractivity (Wildman–Crippen MR) is 79.4 cm³/mol. The molecule has 0 radical (unpaired) electrons. The third kappa shape index (κ3) is 3.31. The minimum absolute atomic E-state index is 0.694. The molecule has 0 heterocycles. The van der Waals surface area contributed by atoms with Crippen molar-refractivity contribution in [3.05, 3.63) is 54.1 Å². The maximum absolute atomic E-state index is 5.98. The number of hydrogen-bond acceptors (Lipinski definition) is 3. The van der Waals surface area contributed by atoms with Crippen molar-refractivity contribution < 1.29 is 9.47 Å². The molecule has 0 saturated heterocycles. The summed E-state index contributed by atoms with van der Waals surface area (Å²) in [5.41, 5.74) is 1.18. The first-order valence-corrected chi connectivity index (χ1v) is 6.98. The van der Waals surface area contributed by atoms with Crippen molar-refractivity contribution in [3.8, 4) is 17.2 Å². The highest BCUT2D eigenvalue weighted by molar-refractivity contribution is 5.40. The molecule has 0 amide bonds. The van der Waals surface area contributed by atoms with Gasteiger partial charge in [0, 0.05) is 24.2 Å². The topological polar surface area (TPSA) is 30.5 Å². The molecule has 1 fully saturated rings. The van der Waals surface area contributed by atoms with Gasteiger partial charge in [0.05, 0.1) is 7.11 Å². The van der Waals surface area contributed by atoms with Crippen molar-refractivity contribution in [2.24, 2.45) is 0 Å². The van der Waals surface area contributed by atoms with Crippen LogP contribution >= 0.6 is 0 Å². The molecule has 2 aromatic rings. The summed E-state index contributed by atoms with van der Waals surface area (Å²) >= 11 is 0. The number of ether oxygens (including phenoxy) is 2. The van der Waals surface area contributed by atoms with Crippen LogP contribution in [0.2, 0.25) is 0 Å². The van der Waals surface area contributed by atoms with Gasteiger partial charge in [0.1, 0.15) is 17.2 Å². The molecular weight excluding hydrogens is 250 g/mol. The number of benzene rings is 2. The minimum Gasteiger partial charge on any atom is -0.497 e. The van der Waals surface area contributed by atoms with Crippen molar-refractivity contribution in [1.29, 1.82) is 0 Å². The zero-order chi connectivity index (χ0) is 13.8. The monoisotopic (exact) mass is 269 g/mol. The average Bonchev–Trinajstić information content (AvgIpc) is 3.31. The summed E-state index contributed by atoms with van der Waals surface area (Å²) in [6.45, 7) is 0.852. The van der Waals surface area contributed by atoms with Gasteiger partial charge >= 0.3 is 0 Å². The van der Waals surface area contributed by atoms with Crippen LogP contribution in [0.15, 0.2) is 48.5 Å². The molecule has 0 unspecified atom stereocenters. The molecule has 3 heteroatoms. The van der Waals surface area contributed by atoms with Gasteiger partial charge in [0.15, 0.2) is 0 Å². The molecule has 3 nitrogen and oxygen atoms in total. The highest BCUT2D eigenvalue weighted by Gasteiger charge is 2.20. The molecule has 20 heavy (non-hydrogen) atoms. The molecule has 1 aliphatic rings. The second kappa shape index (κ2) is 5.97. The third-order valence-corrected chi connectivity index (χ3v) is 3.40. The lowest BCUT2D eigenvalue weighted by atomic mass is 10.2. The molecule has 1 saturated carbocycles. The van der Waals surface area contributed by atoms with Gasteiger partial charge in [-0.25, -0.2) is 0 Å². The summed E-state index contributed by atoms with van der Waals surface area (Å²) in [6.07, 6.45) is 2.58. The summed E-state index contributed by atoms with van der Waals surface area (Å²) in [6, 6.07) is 16.5. The van der Waals surface area contributed by atoms with Gasteiger partial charge in [-0.15, -0.1) is 0 Å². The van der Waals surface area contributed by atoms with Gasteiger partial charge in [-0.2, -0.15) is 0 Å². The van der Waals surface area contributed by atoms with Gasteiger partial charge in [0.2, 0.25) is 0 Å². The van der Waals surface area contributed by atoms with Crippen LogP contribution in [0.5, 0.6) is 17.2 Å². The number of rotatable bonds is 6. The molecule has 0 spiro atoms. The molecule has 0 bridgehead atoms. The van der Waals surface area contributed by atoms with Crippen LogP contribution in [0.25, 0.3) is 0 Å². The quantitative estimate of drug-likeness (QED) is 0.866. The SMILES string of the molecule is COc1cccc(Oc2ccccc2CNC2CC2)c1. The van der Waals surface area contributed by atoms with Crippen molar-refractivity contribution in [3.63, 3.8) is 0 Å². The second-order valence-electron chi connectivity index (χ2n) is 5.04. The van der Waals surface area contributed by atoms with E-state index in [-0.39, 0.29) is 0 Å². The van der Waals surface area contributed by atoms with E-state index in [1.807, 2.05) is 42.5 Å². The fourth-order valence-electron chi connectivity index (χ4n) is 2.08. The van der Waals surface area contributed by atoms with E-state index in [2.05, 4.69) is 11.4 Å². The molecule has 1 aliphatic carbocycles. The van der Waals surface area contributed by atoms with Crippen LogP contribution in [0.1, 0.15) is 18.4 Å². The molecule has 2 aromatic carbocycles. The first-order chi connectivity index (χ1) is 9.85. The molecule has 3 rings (SSSR count). The number of methoxy groups -OCH3 is 1. The van der Waals surface area contributed by atoms with Gasteiger partial charge < -0.3 is 14.8 Å². The zero-order valence-corrected chi connectivity index (χ0v) is 11.6. The Kier molecular flexibility index (Phi) is 3.88. The van der Waals surface area contributed by atoms with Crippen LogP contribution < -0.4 is 14.8 Å². The Morgan fingerprint density at radius 1 is 1.05 bits per heavy atom. The van der Waals surface area contributed by atoms with E-state index >= 15 is 0 Å². The second-order valence-corrected chi connectivity index (χ2v) is 5.04. The molecule has 0 aromatic heterocycles. The molecule has 0 atom stereocenters. The third-order valence-electron chi connectivity index (χ3n) is 3.40. The highest BCUT2D eigenvalue weighted by Crippen LogP contribution is 2.28. The Labute approximate surface area is 119 Å². The van der Waals surface area contributed by atoms with Crippen LogP contribution in [0.4, 0.5) is 0 Å². The predicted octanol–water partition coefficient (Wildman–Crippen LogP) is 3.74. The van der Waals surface area contributed by atoms with E-state index in [1.54, 1.807) is 7.11 Å². The van der Waals surface area contributed by atoms with Crippen LogP contribution in [-0.4, -0.2) is 13.2 Å². The van der Waals surface area contributed by atoms with E-state index in [9.17, 15) is 0 Å². The maximum atomic E-state index is 5.98. The first kappa shape index (κ1) is 13.0. The van der Waals surface area contributed by atoms with Crippen LogP contribution in [0, 0.1) is 0 Å². The fraction of sp³-hybridized carbons (Fsp3) is 0.294. The average molecular weight is 269 g/mol. The lowest BCUT2D eigenvalue weighted by Crippen LogP contribution is -2.15. The number of hydrogen-bond donors (Lipinski definition) is 1. The molecule has 1 N–H and O–H groups in total. The summed E-state index contributed by atoms with van der Waals surface area (Å²) in [7, 11) is 1.66. The van der Waals surface area contributed by atoms with Gasteiger partial charge in [-0.1, -0.05) is 24.3 Å². The number of para-hydroxylation sites is 1. The molecule has 0 aliphatic heterocycles. The zero-order valence-electron chi connectivity index (χ0n) is 11.6. The number of nitrogens with one attached hydrogen (secondary N) is 1. The van der Waals surface area contributed by atoms with Crippen molar-refractivity contribution in [2.75, 3.05) is 7.11 Å². The van der Waals surface area contributed by atoms with Gasteiger partial charge in [-0.3, -0.25) is 0 Å². The summed E-state index contributed by atoms with van der Waals surface area (Å²) in [4.78, 5) is 0. The lowest BCUT2D eigenvalue weighted by molar-refractivity contribution is 0.408. The Hall–Kier alpha value is -2.00. The van der Waals surface area contributed by atoms with Crippen molar-refractivity contribution in [1.82, 2.24) is 5.32 Å². The summed E-state index contributed by atoms with van der Waals surface area (Å²) in [5, 5.41) is 3.52.